The highest BCUT2D eigenvalue weighted by molar-refractivity contribution is 5.67. The molecule has 23 heavy (non-hydrogen) atoms. The normalized spacial score (nSPS) is 28.9. The van der Waals surface area contributed by atoms with Crippen molar-refractivity contribution >= 4 is 6.09 Å². The SMILES string of the molecule is CC1(C)O[C@H](CC2CO2)[C@H](Cc2cc(F)cc(F)c2)N1C(=O)O. The zero-order valence-electron chi connectivity index (χ0n) is 13.0. The molecule has 2 fully saturated rings. The molecule has 0 aliphatic carbocycles. The van der Waals surface area contributed by atoms with Gasteiger partial charge in [-0.3, -0.25) is 4.90 Å². The van der Waals surface area contributed by atoms with E-state index in [0.29, 0.717) is 18.6 Å². The molecule has 7 heteroatoms. The van der Waals surface area contributed by atoms with Crippen molar-refractivity contribution in [3.05, 3.63) is 35.4 Å². The van der Waals surface area contributed by atoms with Crippen LogP contribution in [-0.4, -0.2) is 46.7 Å². The van der Waals surface area contributed by atoms with Gasteiger partial charge in [0, 0.05) is 12.5 Å². The molecule has 3 atom stereocenters. The lowest BCUT2D eigenvalue weighted by molar-refractivity contribution is -0.0688. The number of halogens is 2. The Morgan fingerprint density at radius 1 is 1.35 bits per heavy atom. The Bertz CT molecular complexity index is 598. The Balaban J connectivity index is 1.87. The van der Waals surface area contributed by atoms with Gasteiger partial charge < -0.3 is 14.6 Å². The molecule has 1 unspecified atom stereocenters. The topological polar surface area (TPSA) is 62.3 Å². The summed E-state index contributed by atoms with van der Waals surface area (Å²) in [5.74, 6) is -1.36. The van der Waals surface area contributed by atoms with E-state index in [1.807, 2.05) is 0 Å². The van der Waals surface area contributed by atoms with E-state index in [0.717, 1.165) is 6.07 Å². The maximum atomic E-state index is 13.4. The molecule has 2 heterocycles. The fourth-order valence-electron chi connectivity index (χ4n) is 3.31. The van der Waals surface area contributed by atoms with Crippen molar-refractivity contribution in [1.29, 1.82) is 0 Å². The van der Waals surface area contributed by atoms with Crippen LogP contribution in [0.25, 0.3) is 0 Å². The van der Waals surface area contributed by atoms with E-state index >= 15 is 0 Å². The van der Waals surface area contributed by atoms with E-state index in [1.54, 1.807) is 13.8 Å². The lowest BCUT2D eigenvalue weighted by Gasteiger charge is -2.31. The van der Waals surface area contributed by atoms with Crippen molar-refractivity contribution in [2.45, 2.75) is 50.7 Å². The summed E-state index contributed by atoms with van der Waals surface area (Å²) in [6.45, 7) is 3.98. The van der Waals surface area contributed by atoms with Crippen LogP contribution in [0.2, 0.25) is 0 Å². The number of hydrogen-bond donors (Lipinski definition) is 1. The molecule has 0 saturated carbocycles. The van der Waals surface area contributed by atoms with Gasteiger partial charge in [-0.2, -0.15) is 0 Å². The minimum absolute atomic E-state index is 0.0660. The molecular formula is C16H19F2NO4. The Kier molecular flexibility index (Phi) is 4.01. The highest BCUT2D eigenvalue weighted by Crippen LogP contribution is 2.37. The van der Waals surface area contributed by atoms with Gasteiger partial charge in [-0.25, -0.2) is 13.6 Å². The van der Waals surface area contributed by atoms with Gasteiger partial charge in [0.25, 0.3) is 0 Å². The molecule has 0 spiro atoms. The van der Waals surface area contributed by atoms with Crippen LogP contribution in [0.3, 0.4) is 0 Å². The molecule has 0 radical (unpaired) electrons. The third-order valence-corrected chi connectivity index (χ3v) is 4.25. The third kappa shape index (κ3) is 3.45. The maximum absolute atomic E-state index is 13.4. The van der Waals surface area contributed by atoms with E-state index in [1.165, 1.54) is 17.0 Å². The first-order chi connectivity index (χ1) is 10.8. The molecular weight excluding hydrogens is 308 g/mol. The summed E-state index contributed by atoms with van der Waals surface area (Å²) in [4.78, 5) is 12.9. The number of nitrogens with zero attached hydrogens (tertiary/aromatic N) is 1. The fourth-order valence-corrected chi connectivity index (χ4v) is 3.31. The molecule has 0 bridgehead atoms. The van der Waals surface area contributed by atoms with Crippen molar-refractivity contribution < 1.29 is 28.2 Å². The molecule has 5 nitrogen and oxygen atoms in total. The number of epoxide rings is 1. The second-order valence-electron chi connectivity index (χ2n) is 6.50. The number of rotatable bonds is 4. The molecule has 1 aromatic carbocycles. The van der Waals surface area contributed by atoms with Crippen LogP contribution in [0.4, 0.5) is 13.6 Å². The number of carboxylic acid groups (broad SMARTS) is 1. The van der Waals surface area contributed by atoms with E-state index in [9.17, 15) is 18.7 Å². The van der Waals surface area contributed by atoms with Crippen molar-refractivity contribution in [2.24, 2.45) is 0 Å². The van der Waals surface area contributed by atoms with Crippen LogP contribution in [0, 0.1) is 11.6 Å². The largest absolute Gasteiger partial charge is 0.465 e. The van der Waals surface area contributed by atoms with E-state index in [-0.39, 0.29) is 18.6 Å². The number of amides is 1. The first kappa shape index (κ1) is 16.1. The minimum Gasteiger partial charge on any atom is -0.465 e. The highest BCUT2D eigenvalue weighted by Gasteiger charge is 2.51. The average Bonchev–Trinajstić information content (AvgIpc) is 3.14. The lowest BCUT2D eigenvalue weighted by Crippen LogP contribution is -2.48. The molecule has 1 amide bonds. The van der Waals surface area contributed by atoms with Crippen LogP contribution < -0.4 is 0 Å². The van der Waals surface area contributed by atoms with Gasteiger partial charge in [-0.05, 0) is 38.0 Å². The summed E-state index contributed by atoms with van der Waals surface area (Å²) in [5.41, 5.74) is -0.594. The third-order valence-electron chi connectivity index (χ3n) is 4.25. The Morgan fingerprint density at radius 3 is 2.48 bits per heavy atom. The van der Waals surface area contributed by atoms with Crippen LogP contribution in [0.5, 0.6) is 0 Å². The highest BCUT2D eigenvalue weighted by atomic mass is 19.1. The molecule has 2 saturated heterocycles. The zero-order chi connectivity index (χ0) is 16.8. The number of ether oxygens (including phenoxy) is 2. The first-order valence-corrected chi connectivity index (χ1v) is 7.53. The Morgan fingerprint density at radius 2 is 1.96 bits per heavy atom. The fraction of sp³-hybridized carbons (Fsp3) is 0.562. The van der Waals surface area contributed by atoms with Gasteiger partial charge >= 0.3 is 6.09 Å². The molecule has 126 valence electrons. The quantitative estimate of drug-likeness (QED) is 0.864. The number of hydrogen-bond acceptors (Lipinski definition) is 3. The molecule has 3 rings (SSSR count). The zero-order valence-corrected chi connectivity index (χ0v) is 13.0. The predicted molar refractivity (Wildman–Crippen MR) is 77.0 cm³/mol. The average molecular weight is 327 g/mol. The van der Waals surface area contributed by atoms with Crippen LogP contribution in [0.15, 0.2) is 18.2 Å². The molecule has 0 aromatic heterocycles. The monoisotopic (exact) mass is 327 g/mol. The second-order valence-corrected chi connectivity index (χ2v) is 6.50. The summed E-state index contributed by atoms with van der Waals surface area (Å²) in [6.07, 6.45) is -0.676. The lowest BCUT2D eigenvalue weighted by atomic mass is 9.97. The van der Waals surface area contributed by atoms with E-state index < -0.39 is 29.5 Å². The van der Waals surface area contributed by atoms with Crippen molar-refractivity contribution in [3.63, 3.8) is 0 Å². The van der Waals surface area contributed by atoms with E-state index in [4.69, 9.17) is 9.47 Å². The van der Waals surface area contributed by atoms with Crippen molar-refractivity contribution in [3.8, 4) is 0 Å². The van der Waals surface area contributed by atoms with Crippen molar-refractivity contribution in [1.82, 2.24) is 4.90 Å². The molecule has 1 N–H and O–H groups in total. The van der Waals surface area contributed by atoms with Crippen LogP contribution in [-0.2, 0) is 15.9 Å². The van der Waals surface area contributed by atoms with Gasteiger partial charge in [-0.1, -0.05) is 0 Å². The minimum atomic E-state index is -1.11. The van der Waals surface area contributed by atoms with Gasteiger partial charge in [0.05, 0.1) is 24.9 Å². The summed E-state index contributed by atoms with van der Waals surface area (Å²) in [5, 5.41) is 9.54. The summed E-state index contributed by atoms with van der Waals surface area (Å²) < 4.78 is 37.9. The summed E-state index contributed by atoms with van der Waals surface area (Å²) in [6, 6.07) is 2.72. The first-order valence-electron chi connectivity index (χ1n) is 7.53. The molecule has 1 aromatic rings. The second kappa shape index (κ2) is 5.72. The van der Waals surface area contributed by atoms with Gasteiger partial charge in [-0.15, -0.1) is 0 Å². The number of carbonyl (C=O) groups is 1. The van der Waals surface area contributed by atoms with Gasteiger partial charge in [0.2, 0.25) is 0 Å². The maximum Gasteiger partial charge on any atom is 0.409 e. The number of benzene rings is 1. The van der Waals surface area contributed by atoms with Crippen LogP contribution in [0.1, 0.15) is 25.8 Å². The Labute approximate surface area is 132 Å². The van der Waals surface area contributed by atoms with Gasteiger partial charge in [0.1, 0.15) is 17.4 Å². The molecule has 2 aliphatic heterocycles. The van der Waals surface area contributed by atoms with Crippen molar-refractivity contribution in [2.75, 3.05) is 6.61 Å². The van der Waals surface area contributed by atoms with Crippen LogP contribution >= 0.6 is 0 Å². The summed E-state index contributed by atoms with van der Waals surface area (Å²) in [7, 11) is 0. The summed E-state index contributed by atoms with van der Waals surface area (Å²) >= 11 is 0. The molecule has 2 aliphatic rings. The standard InChI is InChI=1S/C16H19F2NO4/c1-16(2)19(15(20)21)13(14(23-16)7-12-8-22-12)5-9-3-10(17)6-11(18)4-9/h3-4,6,12-14H,5,7-8H2,1-2H3,(H,20,21)/t12?,13-,14+/m0/s1. The smallest absolute Gasteiger partial charge is 0.409 e. The Hall–Kier alpha value is -1.73. The van der Waals surface area contributed by atoms with E-state index in [2.05, 4.69) is 0 Å². The van der Waals surface area contributed by atoms with Gasteiger partial charge in [0.15, 0.2) is 0 Å². The predicted octanol–water partition coefficient (Wildman–Crippen LogP) is 2.78.